The highest BCUT2D eigenvalue weighted by Gasteiger charge is 2.08. The molecule has 4 nitrogen and oxygen atoms in total. The highest BCUT2D eigenvalue weighted by Crippen LogP contribution is 2.24. The van der Waals surface area contributed by atoms with Crippen LogP contribution < -0.4 is 11.1 Å². The van der Waals surface area contributed by atoms with E-state index in [1.54, 1.807) is 11.3 Å². The van der Waals surface area contributed by atoms with Crippen molar-refractivity contribution in [1.82, 2.24) is 10.3 Å². The number of nitrogens with one attached hydrogen (secondary N) is 1. The van der Waals surface area contributed by atoms with Crippen molar-refractivity contribution in [2.75, 3.05) is 13.1 Å². The first-order valence-electron chi connectivity index (χ1n) is 6.17. The fourth-order valence-electron chi connectivity index (χ4n) is 1.74. The van der Waals surface area contributed by atoms with Gasteiger partial charge in [0.25, 0.3) is 0 Å². The molecule has 0 atom stereocenters. The summed E-state index contributed by atoms with van der Waals surface area (Å²) in [6.45, 7) is 3.02. The van der Waals surface area contributed by atoms with Crippen molar-refractivity contribution in [2.45, 2.75) is 13.3 Å². The number of nitrogens with zero attached hydrogens (tertiary/aromatic N) is 1. The Morgan fingerprint density at radius 1 is 1.47 bits per heavy atom. The van der Waals surface area contributed by atoms with E-state index in [1.807, 2.05) is 17.5 Å². The number of rotatable bonds is 5. The monoisotopic (exact) mass is 275 g/mol. The molecule has 0 unspecified atom stereocenters. The molecule has 0 aliphatic carbocycles. The minimum atomic E-state index is -0.0356. The Hall–Kier alpha value is -1.72. The van der Waals surface area contributed by atoms with Gasteiger partial charge in [-0.25, -0.2) is 4.98 Å². The van der Waals surface area contributed by atoms with Crippen molar-refractivity contribution < 1.29 is 4.79 Å². The summed E-state index contributed by atoms with van der Waals surface area (Å²) in [4.78, 5) is 16.1. The zero-order valence-corrected chi connectivity index (χ0v) is 11.7. The van der Waals surface area contributed by atoms with Gasteiger partial charge in [0.2, 0.25) is 5.91 Å². The summed E-state index contributed by atoms with van der Waals surface area (Å²) in [5, 5.41) is 5.62. The third-order valence-electron chi connectivity index (χ3n) is 2.62. The minimum Gasteiger partial charge on any atom is -0.354 e. The van der Waals surface area contributed by atoms with Crippen LogP contribution >= 0.6 is 11.3 Å². The molecule has 2 rings (SSSR count). The zero-order valence-electron chi connectivity index (χ0n) is 10.8. The van der Waals surface area contributed by atoms with Gasteiger partial charge in [-0.15, -0.1) is 11.3 Å². The van der Waals surface area contributed by atoms with Gasteiger partial charge < -0.3 is 11.1 Å². The Balaban J connectivity index is 2.05. The van der Waals surface area contributed by atoms with Gasteiger partial charge in [-0.2, -0.15) is 0 Å². The van der Waals surface area contributed by atoms with Crippen LogP contribution in [0.15, 0.2) is 29.6 Å². The molecule has 0 saturated carbocycles. The molecule has 0 saturated heterocycles. The fraction of sp³-hybridized carbons (Fsp3) is 0.286. The van der Waals surface area contributed by atoms with Crippen molar-refractivity contribution in [2.24, 2.45) is 5.73 Å². The standard InChI is InChI=1S/C14H17N3OS/c1-10-3-2-4-11(7-10)14-17-12(9-19-14)8-13(18)16-6-5-15/h2-4,7,9H,5-6,8,15H2,1H3,(H,16,18). The van der Waals surface area contributed by atoms with Gasteiger partial charge in [-0.1, -0.05) is 23.8 Å². The maximum Gasteiger partial charge on any atom is 0.226 e. The predicted octanol–water partition coefficient (Wildman–Crippen LogP) is 1.74. The number of carbonyl (C=O) groups is 1. The van der Waals surface area contributed by atoms with E-state index in [0.29, 0.717) is 19.5 Å². The summed E-state index contributed by atoms with van der Waals surface area (Å²) < 4.78 is 0. The van der Waals surface area contributed by atoms with Gasteiger partial charge in [-0.3, -0.25) is 4.79 Å². The smallest absolute Gasteiger partial charge is 0.226 e. The van der Waals surface area contributed by atoms with E-state index < -0.39 is 0 Å². The molecule has 0 fully saturated rings. The van der Waals surface area contributed by atoms with Crippen LogP contribution in [0.1, 0.15) is 11.3 Å². The molecule has 0 radical (unpaired) electrons. The van der Waals surface area contributed by atoms with E-state index in [4.69, 9.17) is 5.73 Å². The average Bonchev–Trinajstić information content (AvgIpc) is 2.85. The molecular formula is C14H17N3OS. The van der Waals surface area contributed by atoms with Crippen LogP contribution in [0.3, 0.4) is 0 Å². The van der Waals surface area contributed by atoms with Crippen molar-refractivity contribution in [3.8, 4) is 10.6 Å². The van der Waals surface area contributed by atoms with Crippen molar-refractivity contribution in [3.05, 3.63) is 40.9 Å². The second kappa shape index (κ2) is 6.45. The number of amides is 1. The van der Waals surface area contributed by atoms with E-state index in [1.165, 1.54) is 5.56 Å². The summed E-state index contributed by atoms with van der Waals surface area (Å²) in [5.41, 5.74) is 8.44. The molecule has 0 bridgehead atoms. The number of aryl methyl sites for hydroxylation is 1. The lowest BCUT2D eigenvalue weighted by Crippen LogP contribution is -2.30. The van der Waals surface area contributed by atoms with Crippen molar-refractivity contribution in [1.29, 1.82) is 0 Å². The van der Waals surface area contributed by atoms with Crippen LogP contribution in [0.4, 0.5) is 0 Å². The minimum absolute atomic E-state index is 0.0356. The second-order valence-corrected chi connectivity index (χ2v) is 5.19. The molecular weight excluding hydrogens is 258 g/mol. The molecule has 2 aromatic rings. The number of aromatic nitrogens is 1. The van der Waals surface area contributed by atoms with E-state index >= 15 is 0 Å². The van der Waals surface area contributed by atoms with Gasteiger partial charge in [0.15, 0.2) is 0 Å². The molecule has 1 aromatic heterocycles. The van der Waals surface area contributed by atoms with Crippen molar-refractivity contribution >= 4 is 17.2 Å². The normalized spacial score (nSPS) is 10.4. The molecule has 1 heterocycles. The van der Waals surface area contributed by atoms with Gasteiger partial charge in [-0.05, 0) is 13.0 Å². The lowest BCUT2D eigenvalue weighted by molar-refractivity contribution is -0.120. The third-order valence-corrected chi connectivity index (χ3v) is 3.57. The molecule has 5 heteroatoms. The highest BCUT2D eigenvalue weighted by atomic mass is 32.1. The SMILES string of the molecule is Cc1cccc(-c2nc(CC(=O)NCCN)cs2)c1. The number of hydrogen-bond acceptors (Lipinski definition) is 4. The number of benzene rings is 1. The number of thiazole rings is 1. The molecule has 1 aromatic carbocycles. The highest BCUT2D eigenvalue weighted by molar-refractivity contribution is 7.13. The van der Waals surface area contributed by atoms with Gasteiger partial charge in [0.1, 0.15) is 5.01 Å². The lowest BCUT2D eigenvalue weighted by atomic mass is 10.1. The van der Waals surface area contributed by atoms with Crippen LogP contribution in [-0.4, -0.2) is 24.0 Å². The fourth-order valence-corrected chi connectivity index (χ4v) is 2.55. The van der Waals surface area contributed by atoms with Gasteiger partial charge in [0, 0.05) is 24.0 Å². The maximum absolute atomic E-state index is 11.6. The summed E-state index contributed by atoms with van der Waals surface area (Å²) in [6.07, 6.45) is 0.308. The van der Waals surface area contributed by atoms with Gasteiger partial charge in [0.05, 0.1) is 12.1 Å². The van der Waals surface area contributed by atoms with E-state index in [-0.39, 0.29) is 5.91 Å². The van der Waals surface area contributed by atoms with Crippen LogP contribution in [0, 0.1) is 6.92 Å². The molecule has 100 valence electrons. The van der Waals surface area contributed by atoms with Crippen molar-refractivity contribution in [3.63, 3.8) is 0 Å². The summed E-state index contributed by atoms with van der Waals surface area (Å²) in [6, 6.07) is 8.19. The maximum atomic E-state index is 11.6. The second-order valence-electron chi connectivity index (χ2n) is 4.33. The van der Waals surface area contributed by atoms with Crippen LogP contribution in [-0.2, 0) is 11.2 Å². The molecule has 0 aliphatic heterocycles. The first-order valence-corrected chi connectivity index (χ1v) is 7.05. The predicted molar refractivity (Wildman–Crippen MR) is 78.1 cm³/mol. The quantitative estimate of drug-likeness (QED) is 0.873. The van der Waals surface area contributed by atoms with Crippen LogP contribution in [0.5, 0.6) is 0 Å². The number of carbonyl (C=O) groups excluding carboxylic acids is 1. The average molecular weight is 275 g/mol. The summed E-state index contributed by atoms with van der Waals surface area (Å²) >= 11 is 1.56. The van der Waals surface area contributed by atoms with E-state index in [9.17, 15) is 4.79 Å². The molecule has 19 heavy (non-hydrogen) atoms. The largest absolute Gasteiger partial charge is 0.354 e. The summed E-state index contributed by atoms with van der Waals surface area (Å²) in [5.74, 6) is -0.0356. The van der Waals surface area contributed by atoms with Crippen LogP contribution in [0.25, 0.3) is 10.6 Å². The van der Waals surface area contributed by atoms with Gasteiger partial charge >= 0.3 is 0 Å². The Morgan fingerprint density at radius 2 is 2.32 bits per heavy atom. The van der Waals surface area contributed by atoms with Crippen LogP contribution in [0.2, 0.25) is 0 Å². The Bertz CT molecular complexity index is 565. The molecule has 3 N–H and O–H groups in total. The number of hydrogen-bond donors (Lipinski definition) is 2. The third kappa shape index (κ3) is 3.87. The van der Waals surface area contributed by atoms with E-state index in [0.717, 1.165) is 16.3 Å². The Morgan fingerprint density at radius 3 is 3.05 bits per heavy atom. The zero-order chi connectivity index (χ0) is 13.7. The topological polar surface area (TPSA) is 68.0 Å². The Labute approximate surface area is 116 Å². The first-order chi connectivity index (χ1) is 9.19. The molecule has 0 aliphatic rings. The summed E-state index contributed by atoms with van der Waals surface area (Å²) in [7, 11) is 0. The van der Waals surface area contributed by atoms with E-state index in [2.05, 4.69) is 29.4 Å². The first kappa shape index (κ1) is 13.7. The Kier molecular flexibility index (Phi) is 4.65. The lowest BCUT2D eigenvalue weighted by Gasteiger charge is -2.00. The molecule has 1 amide bonds. The number of nitrogens with two attached hydrogens (primary N) is 1. The molecule has 0 spiro atoms.